The molecule has 1 fully saturated rings. The zero-order valence-electron chi connectivity index (χ0n) is 13.4. The largest absolute Gasteiger partial charge is 0.492 e. The number of rotatable bonds is 3. The minimum Gasteiger partial charge on any atom is -0.492 e. The van der Waals surface area contributed by atoms with E-state index in [0.29, 0.717) is 6.42 Å². The summed E-state index contributed by atoms with van der Waals surface area (Å²) in [7, 11) is 0. The second-order valence-corrected chi connectivity index (χ2v) is 6.84. The minimum absolute atomic E-state index is 0.231. The summed E-state index contributed by atoms with van der Waals surface area (Å²) in [4.78, 5) is 11.2. The average Bonchev–Trinajstić information content (AvgIpc) is 2.59. The number of carboxylic acids is 1. The lowest BCUT2D eigenvalue weighted by molar-refractivity contribution is -0.143. The van der Waals surface area contributed by atoms with Gasteiger partial charge in [0, 0.05) is 0 Å². The number of hydrogen-bond donors (Lipinski definition) is 2. The van der Waals surface area contributed by atoms with Gasteiger partial charge in [0.25, 0.3) is 0 Å². The molecule has 0 bridgehead atoms. The van der Waals surface area contributed by atoms with E-state index in [1.807, 2.05) is 42.5 Å². The molecule has 4 heteroatoms. The molecule has 1 atom stereocenters. The molecule has 1 heterocycles. The van der Waals surface area contributed by atoms with Crippen molar-refractivity contribution >= 4 is 5.97 Å². The van der Waals surface area contributed by atoms with Gasteiger partial charge in [0.1, 0.15) is 12.4 Å². The number of carboxylic acid groups (broad SMARTS) is 1. The van der Waals surface area contributed by atoms with Gasteiger partial charge in [-0.25, -0.2) is 0 Å². The van der Waals surface area contributed by atoms with Crippen LogP contribution in [0.25, 0.3) is 11.1 Å². The van der Waals surface area contributed by atoms with Gasteiger partial charge in [-0.15, -0.1) is 0 Å². The average molecular weight is 324 g/mol. The number of hydrogen-bond acceptors (Lipinski definition) is 3. The van der Waals surface area contributed by atoms with Gasteiger partial charge in [-0.2, -0.15) is 0 Å². The summed E-state index contributed by atoms with van der Waals surface area (Å²) in [6.07, 6.45) is 3.24. The fraction of sp³-hybridized carbons (Fsp3) is 0.350. The van der Waals surface area contributed by atoms with Crippen molar-refractivity contribution in [1.82, 2.24) is 0 Å². The molecule has 24 heavy (non-hydrogen) atoms. The molecule has 0 saturated heterocycles. The van der Waals surface area contributed by atoms with Gasteiger partial charge in [-0.05, 0) is 60.1 Å². The van der Waals surface area contributed by atoms with Crippen molar-refractivity contribution in [1.29, 1.82) is 0 Å². The lowest BCUT2D eigenvalue weighted by atomic mass is 9.75. The van der Waals surface area contributed by atoms with Gasteiger partial charge in [-0.1, -0.05) is 30.3 Å². The van der Waals surface area contributed by atoms with Crippen LogP contribution in [0, 0.1) is 5.92 Å². The molecule has 124 valence electrons. The monoisotopic (exact) mass is 324 g/mol. The fourth-order valence-electron chi connectivity index (χ4n) is 3.51. The number of aliphatic hydroxyl groups is 1. The topological polar surface area (TPSA) is 66.8 Å². The Bertz CT molecular complexity index is 775. The van der Waals surface area contributed by atoms with Crippen LogP contribution in [0.1, 0.15) is 30.4 Å². The number of carbonyl (C=O) groups is 1. The standard InChI is InChI=1S/C20H20O4/c21-19(22)16-11-15-10-14(4-7-18(15)24-12-16)13-2-5-17(6-3-13)20(23)8-1-9-20/h2-7,10,16,23H,1,8-9,11-12H2,(H,21,22). The normalized spacial score (nSPS) is 21.3. The van der Waals surface area contributed by atoms with Crippen LogP contribution in [0.2, 0.25) is 0 Å². The van der Waals surface area contributed by atoms with Crippen LogP contribution in [0.15, 0.2) is 42.5 Å². The maximum absolute atomic E-state index is 11.2. The van der Waals surface area contributed by atoms with E-state index >= 15 is 0 Å². The van der Waals surface area contributed by atoms with Gasteiger partial charge in [0.05, 0.1) is 11.5 Å². The van der Waals surface area contributed by atoms with E-state index in [-0.39, 0.29) is 6.61 Å². The van der Waals surface area contributed by atoms with E-state index in [4.69, 9.17) is 4.74 Å². The van der Waals surface area contributed by atoms with Crippen molar-refractivity contribution in [2.24, 2.45) is 5.92 Å². The zero-order valence-corrected chi connectivity index (χ0v) is 13.4. The van der Waals surface area contributed by atoms with E-state index in [2.05, 4.69) is 0 Å². The van der Waals surface area contributed by atoms with Crippen molar-refractivity contribution in [3.63, 3.8) is 0 Å². The fourth-order valence-corrected chi connectivity index (χ4v) is 3.51. The highest BCUT2D eigenvalue weighted by molar-refractivity contribution is 5.72. The lowest BCUT2D eigenvalue weighted by Gasteiger charge is -2.37. The molecule has 0 aromatic heterocycles. The first-order valence-electron chi connectivity index (χ1n) is 8.37. The Morgan fingerprint density at radius 2 is 1.79 bits per heavy atom. The molecule has 4 rings (SSSR count). The molecule has 0 amide bonds. The first-order chi connectivity index (χ1) is 11.5. The first kappa shape index (κ1) is 15.2. The lowest BCUT2D eigenvalue weighted by Crippen LogP contribution is -2.33. The second-order valence-electron chi connectivity index (χ2n) is 6.84. The second kappa shape index (κ2) is 5.64. The molecule has 0 spiro atoms. The Labute approximate surface area is 140 Å². The molecule has 4 nitrogen and oxygen atoms in total. The third-order valence-corrected chi connectivity index (χ3v) is 5.25. The molecule has 2 N–H and O–H groups in total. The summed E-state index contributed by atoms with van der Waals surface area (Å²) >= 11 is 0. The highest BCUT2D eigenvalue weighted by Crippen LogP contribution is 2.41. The number of benzene rings is 2. The minimum atomic E-state index is -0.816. The van der Waals surface area contributed by atoms with Crippen molar-refractivity contribution in [2.75, 3.05) is 6.61 Å². The van der Waals surface area contributed by atoms with Crippen LogP contribution in [0.4, 0.5) is 0 Å². The summed E-state index contributed by atoms with van der Waals surface area (Å²) in [5.41, 5.74) is 3.37. The molecule has 2 aromatic rings. The summed E-state index contributed by atoms with van der Waals surface area (Å²) in [6.45, 7) is 0.231. The SMILES string of the molecule is O=C(O)C1COc2ccc(-c3ccc(C4(O)CCC4)cc3)cc2C1. The molecule has 1 aliphatic carbocycles. The molecular weight excluding hydrogens is 304 g/mol. The van der Waals surface area contributed by atoms with Gasteiger partial charge in [0.2, 0.25) is 0 Å². The van der Waals surface area contributed by atoms with E-state index in [9.17, 15) is 15.0 Å². The van der Waals surface area contributed by atoms with Crippen LogP contribution in [0.3, 0.4) is 0 Å². The van der Waals surface area contributed by atoms with Crippen molar-refractivity contribution in [3.8, 4) is 16.9 Å². The maximum atomic E-state index is 11.2. The third kappa shape index (κ3) is 2.57. The molecule has 1 unspecified atom stereocenters. The van der Waals surface area contributed by atoms with E-state index in [1.165, 1.54) is 0 Å². The Kier molecular flexibility index (Phi) is 3.57. The molecule has 1 saturated carbocycles. The Morgan fingerprint density at radius 3 is 2.42 bits per heavy atom. The first-order valence-corrected chi connectivity index (χ1v) is 8.37. The molecule has 1 aliphatic heterocycles. The molecule has 2 aromatic carbocycles. The Balaban J connectivity index is 1.61. The number of aliphatic carboxylic acids is 1. The van der Waals surface area contributed by atoms with Gasteiger partial charge >= 0.3 is 5.97 Å². The van der Waals surface area contributed by atoms with Crippen molar-refractivity contribution in [2.45, 2.75) is 31.3 Å². The van der Waals surface area contributed by atoms with Gasteiger partial charge in [0.15, 0.2) is 0 Å². The number of fused-ring (bicyclic) bond motifs is 1. The third-order valence-electron chi connectivity index (χ3n) is 5.25. The molecular formula is C20H20O4. The van der Waals surface area contributed by atoms with Gasteiger partial charge < -0.3 is 14.9 Å². The predicted molar refractivity (Wildman–Crippen MR) is 90.0 cm³/mol. The van der Waals surface area contributed by atoms with Crippen LogP contribution < -0.4 is 4.74 Å². The van der Waals surface area contributed by atoms with E-state index in [1.54, 1.807) is 0 Å². The van der Waals surface area contributed by atoms with E-state index < -0.39 is 17.5 Å². The van der Waals surface area contributed by atoms with Crippen molar-refractivity contribution in [3.05, 3.63) is 53.6 Å². The highest BCUT2D eigenvalue weighted by Gasteiger charge is 2.36. The smallest absolute Gasteiger partial charge is 0.310 e. The quantitative estimate of drug-likeness (QED) is 0.908. The summed E-state index contributed by atoms with van der Waals surface area (Å²) < 4.78 is 5.56. The predicted octanol–water partition coefficient (Wildman–Crippen LogP) is 3.36. The number of ether oxygens (including phenoxy) is 1. The Hall–Kier alpha value is -2.33. The maximum Gasteiger partial charge on any atom is 0.310 e. The highest BCUT2D eigenvalue weighted by atomic mass is 16.5. The van der Waals surface area contributed by atoms with Crippen LogP contribution in [-0.4, -0.2) is 22.8 Å². The zero-order chi connectivity index (χ0) is 16.7. The van der Waals surface area contributed by atoms with Crippen LogP contribution in [-0.2, 0) is 16.8 Å². The summed E-state index contributed by atoms with van der Waals surface area (Å²) in [6, 6.07) is 13.9. The van der Waals surface area contributed by atoms with Crippen molar-refractivity contribution < 1.29 is 19.7 Å². The molecule has 0 radical (unpaired) electrons. The van der Waals surface area contributed by atoms with Gasteiger partial charge in [-0.3, -0.25) is 4.79 Å². The van der Waals surface area contributed by atoms with Crippen LogP contribution in [0.5, 0.6) is 5.75 Å². The summed E-state index contributed by atoms with van der Waals surface area (Å²) in [5.74, 6) is -0.524. The Morgan fingerprint density at radius 1 is 1.08 bits per heavy atom. The van der Waals surface area contributed by atoms with Crippen LogP contribution >= 0.6 is 0 Å². The molecule has 2 aliphatic rings. The summed E-state index contributed by atoms with van der Waals surface area (Å²) in [5, 5.41) is 19.6. The van der Waals surface area contributed by atoms with E-state index in [0.717, 1.165) is 47.3 Å².